The molecule has 16 heavy (non-hydrogen) atoms. The predicted octanol–water partition coefficient (Wildman–Crippen LogP) is 1.28. The van der Waals surface area contributed by atoms with Crippen molar-refractivity contribution >= 4 is 21.8 Å². The molecular formula is C11H13BrN2O2. The van der Waals surface area contributed by atoms with Crippen LogP contribution in [-0.4, -0.2) is 16.5 Å². The van der Waals surface area contributed by atoms with Gasteiger partial charge in [0.15, 0.2) is 0 Å². The fraction of sp³-hybridized carbons (Fsp3) is 0.455. The third kappa shape index (κ3) is 2.95. The molecule has 5 heteroatoms. The van der Waals surface area contributed by atoms with Gasteiger partial charge >= 0.3 is 0 Å². The Balaban J connectivity index is 1.91. The zero-order chi connectivity index (χ0) is 11.5. The van der Waals surface area contributed by atoms with Gasteiger partial charge in [-0.1, -0.05) is 0 Å². The first-order chi connectivity index (χ1) is 7.66. The van der Waals surface area contributed by atoms with Gasteiger partial charge in [0.1, 0.15) is 0 Å². The third-order valence-corrected chi connectivity index (χ3v) is 3.10. The lowest BCUT2D eigenvalue weighted by molar-refractivity contribution is -0.121. The van der Waals surface area contributed by atoms with E-state index in [0.29, 0.717) is 23.5 Å². The van der Waals surface area contributed by atoms with E-state index in [1.165, 1.54) is 4.57 Å². The summed E-state index contributed by atoms with van der Waals surface area (Å²) in [4.78, 5) is 23.0. The van der Waals surface area contributed by atoms with Crippen molar-refractivity contribution in [2.75, 3.05) is 0 Å². The molecule has 0 aliphatic heterocycles. The Kier molecular flexibility index (Phi) is 3.43. The van der Waals surface area contributed by atoms with Gasteiger partial charge in [0.05, 0.1) is 4.47 Å². The first kappa shape index (κ1) is 11.4. The number of pyridine rings is 1. The van der Waals surface area contributed by atoms with Gasteiger partial charge in [-0.25, -0.2) is 0 Å². The second-order valence-electron chi connectivity index (χ2n) is 3.95. The molecule has 1 aromatic heterocycles. The predicted molar refractivity (Wildman–Crippen MR) is 64.2 cm³/mol. The van der Waals surface area contributed by atoms with Crippen LogP contribution in [0.15, 0.2) is 27.6 Å². The van der Waals surface area contributed by atoms with Crippen molar-refractivity contribution in [3.05, 3.63) is 33.2 Å². The number of aryl methyl sites for hydroxylation is 1. The molecule has 1 aliphatic carbocycles. The Labute approximate surface area is 102 Å². The highest BCUT2D eigenvalue weighted by molar-refractivity contribution is 9.10. The number of rotatable bonds is 4. The minimum absolute atomic E-state index is 0.0226. The van der Waals surface area contributed by atoms with E-state index in [1.54, 1.807) is 18.3 Å². The van der Waals surface area contributed by atoms with Crippen molar-refractivity contribution in [1.29, 1.82) is 0 Å². The van der Waals surface area contributed by atoms with Crippen LogP contribution in [0, 0.1) is 0 Å². The average molecular weight is 285 g/mol. The van der Waals surface area contributed by atoms with Crippen molar-refractivity contribution in [2.24, 2.45) is 0 Å². The molecular weight excluding hydrogens is 272 g/mol. The number of carbonyl (C=O) groups is 1. The number of nitrogens with one attached hydrogen (secondary N) is 1. The minimum Gasteiger partial charge on any atom is -0.353 e. The highest BCUT2D eigenvalue weighted by atomic mass is 79.9. The van der Waals surface area contributed by atoms with Crippen LogP contribution < -0.4 is 10.9 Å². The van der Waals surface area contributed by atoms with Gasteiger partial charge in [-0.05, 0) is 40.9 Å². The summed E-state index contributed by atoms with van der Waals surface area (Å²) in [5, 5.41) is 2.89. The van der Waals surface area contributed by atoms with Gasteiger partial charge in [0, 0.05) is 25.2 Å². The Bertz CT molecular complexity index is 452. The van der Waals surface area contributed by atoms with Crippen LogP contribution in [0.3, 0.4) is 0 Å². The molecule has 0 atom stereocenters. The van der Waals surface area contributed by atoms with Gasteiger partial charge in [-0.3, -0.25) is 9.59 Å². The van der Waals surface area contributed by atoms with Crippen molar-refractivity contribution in [3.8, 4) is 0 Å². The molecule has 0 saturated heterocycles. The van der Waals surface area contributed by atoms with Crippen LogP contribution in [0.5, 0.6) is 0 Å². The van der Waals surface area contributed by atoms with Crippen molar-refractivity contribution in [3.63, 3.8) is 0 Å². The summed E-state index contributed by atoms with van der Waals surface area (Å²) in [6, 6.07) is 3.86. The molecule has 0 spiro atoms. The summed E-state index contributed by atoms with van der Waals surface area (Å²) in [6.07, 6.45) is 4.22. The quantitative estimate of drug-likeness (QED) is 0.906. The number of carbonyl (C=O) groups excluding carboxylic acids is 1. The summed E-state index contributed by atoms with van der Waals surface area (Å²) in [5.41, 5.74) is -0.0956. The summed E-state index contributed by atoms with van der Waals surface area (Å²) < 4.78 is 2.06. The highest BCUT2D eigenvalue weighted by Gasteiger charge is 2.22. The van der Waals surface area contributed by atoms with Gasteiger partial charge < -0.3 is 9.88 Å². The Morgan fingerprint density at radius 3 is 3.00 bits per heavy atom. The second-order valence-corrected chi connectivity index (χ2v) is 4.80. The molecule has 86 valence electrons. The molecule has 1 fully saturated rings. The minimum atomic E-state index is -0.0956. The van der Waals surface area contributed by atoms with E-state index in [0.717, 1.165) is 12.8 Å². The van der Waals surface area contributed by atoms with Crippen molar-refractivity contribution in [2.45, 2.75) is 31.8 Å². The SMILES string of the molecule is O=C(CCn1cccc(Br)c1=O)NC1CC1. The maximum absolute atomic E-state index is 11.6. The van der Waals surface area contributed by atoms with Crippen molar-refractivity contribution < 1.29 is 4.79 Å². The van der Waals surface area contributed by atoms with Gasteiger partial charge in [0.2, 0.25) is 5.91 Å². The normalized spacial score (nSPS) is 14.8. The van der Waals surface area contributed by atoms with E-state index in [1.807, 2.05) is 0 Å². The molecule has 0 bridgehead atoms. The van der Waals surface area contributed by atoms with Crippen LogP contribution in [0.4, 0.5) is 0 Å². The van der Waals surface area contributed by atoms with E-state index in [9.17, 15) is 9.59 Å². The molecule has 1 aliphatic rings. The molecule has 2 rings (SSSR count). The second kappa shape index (κ2) is 4.82. The average Bonchev–Trinajstić information content (AvgIpc) is 3.04. The summed E-state index contributed by atoms with van der Waals surface area (Å²) >= 11 is 3.17. The van der Waals surface area contributed by atoms with E-state index in [-0.39, 0.29) is 11.5 Å². The fourth-order valence-corrected chi connectivity index (χ4v) is 1.81. The molecule has 4 nitrogen and oxygen atoms in total. The number of amides is 1. The van der Waals surface area contributed by atoms with E-state index in [2.05, 4.69) is 21.2 Å². The monoisotopic (exact) mass is 284 g/mol. The molecule has 1 aromatic rings. The lowest BCUT2D eigenvalue weighted by atomic mass is 10.3. The zero-order valence-corrected chi connectivity index (χ0v) is 10.4. The maximum atomic E-state index is 11.6. The van der Waals surface area contributed by atoms with Crippen molar-refractivity contribution in [1.82, 2.24) is 9.88 Å². The van der Waals surface area contributed by atoms with Crippen LogP contribution in [0.25, 0.3) is 0 Å². The van der Waals surface area contributed by atoms with E-state index < -0.39 is 0 Å². The van der Waals surface area contributed by atoms with Crippen LogP contribution in [0.1, 0.15) is 19.3 Å². The highest BCUT2D eigenvalue weighted by Crippen LogP contribution is 2.18. The standard InChI is InChI=1S/C11H13BrN2O2/c12-9-2-1-6-14(11(9)16)7-5-10(15)13-8-3-4-8/h1-2,6,8H,3-5,7H2,(H,13,15). The van der Waals surface area contributed by atoms with Crippen LogP contribution in [-0.2, 0) is 11.3 Å². The molecule has 0 unspecified atom stereocenters. The third-order valence-electron chi connectivity index (χ3n) is 2.50. The summed E-state index contributed by atoms with van der Waals surface area (Å²) in [7, 11) is 0. The van der Waals surface area contributed by atoms with E-state index >= 15 is 0 Å². The Hall–Kier alpha value is -1.10. The molecule has 1 N–H and O–H groups in total. The number of nitrogens with zero attached hydrogens (tertiary/aromatic N) is 1. The smallest absolute Gasteiger partial charge is 0.264 e. The maximum Gasteiger partial charge on any atom is 0.264 e. The first-order valence-electron chi connectivity index (χ1n) is 5.31. The van der Waals surface area contributed by atoms with Crippen LogP contribution in [0.2, 0.25) is 0 Å². The van der Waals surface area contributed by atoms with Crippen LogP contribution >= 0.6 is 15.9 Å². The lowest BCUT2D eigenvalue weighted by Gasteiger charge is -2.06. The fourth-order valence-electron chi connectivity index (χ4n) is 1.43. The first-order valence-corrected chi connectivity index (χ1v) is 6.10. The van der Waals surface area contributed by atoms with Gasteiger partial charge in [-0.15, -0.1) is 0 Å². The largest absolute Gasteiger partial charge is 0.353 e. The number of aromatic nitrogens is 1. The topological polar surface area (TPSA) is 51.1 Å². The summed E-state index contributed by atoms with van der Waals surface area (Å²) in [6.45, 7) is 0.427. The number of halogens is 1. The molecule has 1 amide bonds. The van der Waals surface area contributed by atoms with Gasteiger partial charge in [0.25, 0.3) is 5.56 Å². The molecule has 1 saturated carbocycles. The Morgan fingerprint density at radius 2 is 2.31 bits per heavy atom. The molecule has 0 aromatic carbocycles. The Morgan fingerprint density at radius 1 is 1.56 bits per heavy atom. The van der Waals surface area contributed by atoms with E-state index in [4.69, 9.17) is 0 Å². The molecule has 1 heterocycles. The zero-order valence-electron chi connectivity index (χ0n) is 8.78. The molecule has 0 radical (unpaired) electrons. The number of hydrogen-bond donors (Lipinski definition) is 1. The van der Waals surface area contributed by atoms with Gasteiger partial charge in [-0.2, -0.15) is 0 Å². The lowest BCUT2D eigenvalue weighted by Crippen LogP contribution is -2.28. The summed E-state index contributed by atoms with van der Waals surface area (Å²) in [5.74, 6) is 0.0226. The number of hydrogen-bond acceptors (Lipinski definition) is 2.